The van der Waals surface area contributed by atoms with Crippen molar-refractivity contribution in [3.05, 3.63) is 29.3 Å². The minimum atomic E-state index is -0.206. The highest BCUT2D eigenvalue weighted by Crippen LogP contribution is 2.15. The number of hydrogen-bond donors (Lipinski definition) is 1. The van der Waals surface area contributed by atoms with Crippen LogP contribution in [-0.2, 0) is 10.8 Å². The Morgan fingerprint density at radius 2 is 2.33 bits per heavy atom. The van der Waals surface area contributed by atoms with Gasteiger partial charge in [-0.1, -0.05) is 46.4 Å². The van der Waals surface area contributed by atoms with Gasteiger partial charge in [0, 0.05) is 4.43 Å². The number of benzene rings is 1. The summed E-state index contributed by atoms with van der Waals surface area (Å²) in [4.78, 5) is 0. The van der Waals surface area contributed by atoms with Crippen molar-refractivity contribution in [2.45, 2.75) is 17.2 Å². The van der Waals surface area contributed by atoms with E-state index in [0.717, 1.165) is 22.6 Å². The zero-order valence-corrected chi connectivity index (χ0v) is 8.91. The normalized spacial score (nSPS) is 15.0. The van der Waals surface area contributed by atoms with Gasteiger partial charge in [-0.25, -0.2) is 0 Å². The number of hydrogen-bond acceptors (Lipinski definition) is 1. The second-order valence-corrected chi connectivity index (χ2v) is 3.98. The quantitative estimate of drug-likeness (QED) is 0.465. The predicted octanol–water partition coefficient (Wildman–Crippen LogP) is 1.37. The van der Waals surface area contributed by atoms with Crippen LogP contribution in [0.15, 0.2) is 18.2 Å². The Balaban J connectivity index is 2.43. The summed E-state index contributed by atoms with van der Waals surface area (Å²) in [6.45, 7) is -0.206. The fourth-order valence-electron chi connectivity index (χ4n) is 1.71. The zero-order valence-electron chi connectivity index (χ0n) is 6.76. The van der Waals surface area contributed by atoms with Crippen molar-refractivity contribution >= 4 is 35.0 Å². The van der Waals surface area contributed by atoms with Crippen molar-refractivity contribution in [2.24, 2.45) is 0 Å². The Morgan fingerprint density at radius 1 is 1.50 bits per heavy atom. The maximum atomic E-state index is 9.60. The number of aryl methyl sites for hydroxylation is 1. The van der Waals surface area contributed by atoms with Crippen molar-refractivity contribution in [2.75, 3.05) is 0 Å². The van der Waals surface area contributed by atoms with E-state index in [1.54, 1.807) is 0 Å². The third-order valence-electron chi connectivity index (χ3n) is 2.41. The van der Waals surface area contributed by atoms with Gasteiger partial charge in [-0.15, -0.1) is 0 Å². The number of rotatable bonds is 1. The van der Waals surface area contributed by atoms with Gasteiger partial charge >= 0.3 is 6.92 Å². The van der Waals surface area contributed by atoms with Gasteiger partial charge in [0.25, 0.3) is 0 Å². The molecule has 0 saturated carbocycles. The molecule has 1 nitrogen and oxygen atoms in total. The molecule has 0 unspecified atom stereocenters. The van der Waals surface area contributed by atoms with E-state index >= 15 is 0 Å². The lowest BCUT2D eigenvalue weighted by atomic mass is 9.63. The summed E-state index contributed by atoms with van der Waals surface area (Å²) < 4.78 is 1.03. The van der Waals surface area contributed by atoms with Crippen LogP contribution in [0.4, 0.5) is 0 Å². The van der Waals surface area contributed by atoms with Crippen LogP contribution in [-0.4, -0.2) is 11.9 Å². The van der Waals surface area contributed by atoms with E-state index in [1.165, 1.54) is 11.1 Å². The summed E-state index contributed by atoms with van der Waals surface area (Å²) in [5, 5.41) is 9.60. The van der Waals surface area contributed by atoms with Crippen molar-refractivity contribution < 1.29 is 5.02 Å². The molecule has 0 amide bonds. The van der Waals surface area contributed by atoms with Crippen LogP contribution in [0.25, 0.3) is 0 Å². The number of fused-ring (bicyclic) bond motifs is 1. The topological polar surface area (TPSA) is 20.2 Å². The average Bonchev–Trinajstić information content (AvgIpc) is 2.47. The molecule has 0 fully saturated rings. The van der Waals surface area contributed by atoms with Gasteiger partial charge in [-0.05, 0) is 23.8 Å². The molecule has 1 aliphatic rings. The Hall–Kier alpha value is -0.0251. The molecule has 1 aromatic rings. The highest BCUT2D eigenvalue weighted by atomic mass is 127. The number of halogens is 1. The van der Waals surface area contributed by atoms with Gasteiger partial charge in [-0.3, -0.25) is 0 Å². The second kappa shape index (κ2) is 3.38. The van der Waals surface area contributed by atoms with Crippen LogP contribution in [0.3, 0.4) is 0 Å². The van der Waals surface area contributed by atoms with Gasteiger partial charge in [0.1, 0.15) is 0 Å². The monoisotopic (exact) mass is 272 g/mol. The van der Waals surface area contributed by atoms with Crippen molar-refractivity contribution in [3.8, 4) is 0 Å². The third kappa shape index (κ3) is 1.40. The lowest BCUT2D eigenvalue weighted by molar-refractivity contribution is 0.587. The first-order chi connectivity index (χ1) is 5.81. The fraction of sp³-hybridized carbons (Fsp3) is 0.333. The van der Waals surface area contributed by atoms with Crippen LogP contribution in [0.1, 0.15) is 11.1 Å². The van der Waals surface area contributed by atoms with Crippen LogP contribution >= 0.6 is 22.6 Å². The molecular weight excluding hydrogens is 262 g/mol. The molecule has 0 aliphatic carbocycles. The predicted molar refractivity (Wildman–Crippen MR) is 60.3 cm³/mol. The smallest absolute Gasteiger partial charge is 0.324 e. The maximum absolute atomic E-state index is 9.60. The van der Waals surface area contributed by atoms with E-state index in [9.17, 15) is 5.02 Å². The molecule has 0 aromatic heterocycles. The lowest BCUT2D eigenvalue weighted by Gasteiger charge is -2.02. The molecule has 62 valence electrons. The lowest BCUT2D eigenvalue weighted by Crippen LogP contribution is -2.26. The molecule has 1 aliphatic heterocycles. The van der Waals surface area contributed by atoms with Gasteiger partial charge < -0.3 is 5.02 Å². The molecule has 0 saturated heterocycles. The highest BCUT2D eigenvalue weighted by molar-refractivity contribution is 14.1. The van der Waals surface area contributed by atoms with E-state index in [2.05, 4.69) is 40.8 Å². The molecule has 0 atom stereocenters. The molecular formula is C9H10BIO. The van der Waals surface area contributed by atoms with Gasteiger partial charge in [0.05, 0.1) is 0 Å². The molecule has 2 rings (SSSR count). The van der Waals surface area contributed by atoms with E-state index in [-0.39, 0.29) is 6.92 Å². The van der Waals surface area contributed by atoms with Gasteiger partial charge in [0.15, 0.2) is 0 Å². The van der Waals surface area contributed by atoms with Crippen LogP contribution < -0.4 is 5.46 Å². The van der Waals surface area contributed by atoms with E-state index in [0.29, 0.717) is 0 Å². The third-order valence-corrected chi connectivity index (χ3v) is 3.29. The molecule has 0 radical (unpaired) electrons. The largest absolute Gasteiger partial charge is 0.446 e. The van der Waals surface area contributed by atoms with E-state index in [1.807, 2.05) is 0 Å². The van der Waals surface area contributed by atoms with Crippen LogP contribution in [0, 0.1) is 0 Å². The average molecular weight is 272 g/mol. The van der Waals surface area contributed by atoms with Crippen molar-refractivity contribution in [1.82, 2.24) is 0 Å². The first-order valence-electron chi connectivity index (χ1n) is 4.17. The highest BCUT2D eigenvalue weighted by Gasteiger charge is 2.24. The first kappa shape index (κ1) is 8.57. The molecule has 0 spiro atoms. The Morgan fingerprint density at radius 3 is 3.08 bits per heavy atom. The summed E-state index contributed by atoms with van der Waals surface area (Å²) in [7, 11) is 0. The van der Waals surface area contributed by atoms with Gasteiger partial charge in [-0.2, -0.15) is 0 Å². The second-order valence-electron chi connectivity index (χ2n) is 3.22. The minimum absolute atomic E-state index is 0.206. The summed E-state index contributed by atoms with van der Waals surface area (Å²) in [5.41, 5.74) is 3.80. The first-order valence-corrected chi connectivity index (χ1v) is 5.69. The van der Waals surface area contributed by atoms with Gasteiger partial charge in [0.2, 0.25) is 0 Å². The molecule has 1 N–H and O–H groups in total. The molecule has 1 aromatic carbocycles. The molecule has 12 heavy (non-hydrogen) atoms. The van der Waals surface area contributed by atoms with Crippen LogP contribution in [0.5, 0.6) is 0 Å². The molecule has 1 heterocycles. The van der Waals surface area contributed by atoms with Crippen molar-refractivity contribution in [1.29, 1.82) is 0 Å². The Labute approximate surface area is 86.4 Å². The van der Waals surface area contributed by atoms with E-state index < -0.39 is 0 Å². The fourth-order valence-corrected chi connectivity index (χ4v) is 2.19. The summed E-state index contributed by atoms with van der Waals surface area (Å²) in [5.74, 6) is 0. The summed E-state index contributed by atoms with van der Waals surface area (Å²) >= 11 is 2.34. The van der Waals surface area contributed by atoms with Crippen molar-refractivity contribution in [3.63, 3.8) is 0 Å². The standard InChI is InChI=1S/C9H10BIO/c11-6-7-1-2-8-3-4-10(12)9(8)5-7/h1-2,5,12H,3-4,6H2. The van der Waals surface area contributed by atoms with E-state index in [4.69, 9.17) is 0 Å². The molecule has 3 heteroatoms. The Kier molecular flexibility index (Phi) is 2.41. The molecule has 0 bridgehead atoms. The SMILES string of the molecule is OB1CCc2ccc(CI)cc21. The maximum Gasteiger partial charge on any atom is 0.324 e. The zero-order chi connectivity index (χ0) is 8.55. The van der Waals surface area contributed by atoms with Crippen LogP contribution in [0.2, 0.25) is 6.32 Å². The minimum Gasteiger partial charge on any atom is -0.446 e. The number of alkyl halides is 1. The summed E-state index contributed by atoms with van der Waals surface area (Å²) in [6, 6.07) is 6.45. The summed E-state index contributed by atoms with van der Waals surface area (Å²) in [6.07, 6.45) is 1.94. The Bertz CT molecular complexity index is 301.